The van der Waals surface area contributed by atoms with Crippen LogP contribution in [0.15, 0.2) is 29.3 Å². The lowest BCUT2D eigenvalue weighted by Crippen LogP contribution is -2.39. The van der Waals surface area contributed by atoms with Crippen LogP contribution in [0.1, 0.15) is 21.2 Å². The van der Waals surface area contributed by atoms with Gasteiger partial charge in [-0.3, -0.25) is 10.1 Å². The van der Waals surface area contributed by atoms with Crippen molar-refractivity contribution in [3.8, 4) is 0 Å². The van der Waals surface area contributed by atoms with Gasteiger partial charge in [-0.25, -0.2) is 9.37 Å². The van der Waals surface area contributed by atoms with Gasteiger partial charge in [0.05, 0.1) is 10.5 Å². The number of nitrogens with zero attached hydrogens (tertiary/aromatic N) is 1. The van der Waals surface area contributed by atoms with Crippen molar-refractivity contribution in [1.29, 1.82) is 0 Å². The molecule has 0 bridgehead atoms. The first kappa shape index (κ1) is 14.5. The van der Waals surface area contributed by atoms with Crippen molar-refractivity contribution < 1.29 is 9.18 Å². The van der Waals surface area contributed by atoms with E-state index in [0.29, 0.717) is 21.5 Å². The van der Waals surface area contributed by atoms with Crippen LogP contribution in [-0.4, -0.2) is 30.2 Å². The number of nitrogens with one attached hydrogen (secondary N) is 2. The molecule has 0 radical (unpaired) electrons. The molecule has 1 aliphatic rings. The van der Waals surface area contributed by atoms with Gasteiger partial charge in [-0.15, -0.1) is 23.1 Å². The van der Waals surface area contributed by atoms with E-state index in [4.69, 9.17) is 0 Å². The highest BCUT2D eigenvalue weighted by Crippen LogP contribution is 2.29. The number of hydrogen-bond donors (Lipinski definition) is 2. The van der Waals surface area contributed by atoms with Gasteiger partial charge in [-0.05, 0) is 18.4 Å². The summed E-state index contributed by atoms with van der Waals surface area (Å²) in [4.78, 5) is 18.0. The van der Waals surface area contributed by atoms with Crippen molar-refractivity contribution in [2.75, 3.05) is 24.7 Å². The Balaban J connectivity index is 1.77. The van der Waals surface area contributed by atoms with E-state index in [1.54, 1.807) is 18.5 Å². The van der Waals surface area contributed by atoms with Crippen LogP contribution in [-0.2, 0) is 0 Å². The lowest BCUT2D eigenvalue weighted by atomic mass is 10.0. The van der Waals surface area contributed by atoms with Crippen molar-refractivity contribution in [3.63, 3.8) is 0 Å². The van der Waals surface area contributed by atoms with Crippen LogP contribution >= 0.6 is 23.1 Å². The number of thiazole rings is 1. The third-order valence-corrected chi connectivity index (χ3v) is 5.24. The number of rotatable bonds is 4. The molecule has 7 heteroatoms. The molecular weight excluding hydrogens is 309 g/mol. The molecule has 1 saturated heterocycles. The van der Waals surface area contributed by atoms with Crippen LogP contribution < -0.4 is 10.6 Å². The van der Waals surface area contributed by atoms with E-state index in [2.05, 4.69) is 15.6 Å². The van der Waals surface area contributed by atoms with Gasteiger partial charge in [-0.2, -0.15) is 0 Å². The fourth-order valence-corrected chi connectivity index (χ4v) is 3.64. The van der Waals surface area contributed by atoms with Crippen LogP contribution in [0.5, 0.6) is 0 Å². The number of benzene rings is 1. The fourth-order valence-electron chi connectivity index (χ4n) is 2.08. The molecule has 110 valence electrons. The highest BCUT2D eigenvalue weighted by molar-refractivity contribution is 7.98. The minimum absolute atomic E-state index is 0.327. The number of carbonyl (C=O) groups excluding carboxylic acids is 1. The monoisotopic (exact) mass is 323 g/mol. The first-order chi connectivity index (χ1) is 10.2. The first-order valence-electron chi connectivity index (χ1n) is 6.49. The minimum Gasteiger partial charge on any atom is -0.315 e. The Labute approximate surface area is 130 Å². The fraction of sp³-hybridized carbons (Fsp3) is 0.286. The summed E-state index contributed by atoms with van der Waals surface area (Å²) in [7, 11) is 0. The minimum atomic E-state index is -0.379. The molecule has 2 N–H and O–H groups in total. The summed E-state index contributed by atoms with van der Waals surface area (Å²) >= 11 is 2.70. The van der Waals surface area contributed by atoms with Gasteiger partial charge in [0.1, 0.15) is 5.82 Å². The predicted molar refractivity (Wildman–Crippen MR) is 83.9 cm³/mol. The van der Waals surface area contributed by atoms with Crippen molar-refractivity contribution >= 4 is 34.1 Å². The molecule has 1 aromatic heterocycles. The maximum Gasteiger partial charge on any atom is 0.258 e. The zero-order chi connectivity index (χ0) is 14.8. The third kappa shape index (κ3) is 2.95. The molecule has 0 unspecified atom stereocenters. The lowest BCUT2D eigenvalue weighted by Gasteiger charge is -2.25. The van der Waals surface area contributed by atoms with Gasteiger partial charge < -0.3 is 5.32 Å². The summed E-state index contributed by atoms with van der Waals surface area (Å²) < 4.78 is 13.7. The van der Waals surface area contributed by atoms with Gasteiger partial charge >= 0.3 is 0 Å². The molecule has 2 heterocycles. The molecule has 0 spiro atoms. The average molecular weight is 323 g/mol. The van der Waals surface area contributed by atoms with Crippen LogP contribution in [0.25, 0.3) is 0 Å². The lowest BCUT2D eigenvalue weighted by molar-refractivity contribution is 0.102. The molecule has 1 aliphatic heterocycles. The maximum atomic E-state index is 13.7. The normalized spacial score (nSPS) is 14.8. The van der Waals surface area contributed by atoms with E-state index in [0.717, 1.165) is 18.0 Å². The summed E-state index contributed by atoms with van der Waals surface area (Å²) in [6, 6.07) is 4.51. The van der Waals surface area contributed by atoms with Gasteiger partial charge in [0, 0.05) is 30.1 Å². The number of amides is 1. The van der Waals surface area contributed by atoms with Gasteiger partial charge in [-0.1, -0.05) is 6.07 Å². The average Bonchev–Trinajstić information content (AvgIpc) is 2.84. The third-order valence-electron chi connectivity index (χ3n) is 3.34. The Morgan fingerprint density at radius 3 is 3.00 bits per heavy atom. The molecule has 3 rings (SSSR count). The topological polar surface area (TPSA) is 54.0 Å². The summed E-state index contributed by atoms with van der Waals surface area (Å²) in [6.07, 6.45) is 3.55. The van der Waals surface area contributed by atoms with E-state index >= 15 is 0 Å². The SMILES string of the molecule is CSc1c(F)cccc1C(=O)Nc1ncc(C2CNC2)s1. The number of thioether (sulfide) groups is 1. The second-order valence-electron chi connectivity index (χ2n) is 4.70. The standard InChI is InChI=1S/C14H14FN3OS2/c1-20-12-9(3-2-4-10(12)15)13(19)18-14-17-7-11(21-14)8-5-16-6-8/h2-4,7-8,16H,5-6H2,1H3,(H,17,18,19). The van der Waals surface area contributed by atoms with E-state index < -0.39 is 0 Å². The summed E-state index contributed by atoms with van der Waals surface area (Å²) in [5.74, 6) is -0.217. The Morgan fingerprint density at radius 1 is 1.52 bits per heavy atom. The molecule has 1 amide bonds. The zero-order valence-electron chi connectivity index (χ0n) is 11.4. The Bertz CT molecular complexity index is 670. The molecule has 4 nitrogen and oxygen atoms in total. The van der Waals surface area contributed by atoms with Gasteiger partial charge in [0.2, 0.25) is 0 Å². The molecule has 21 heavy (non-hydrogen) atoms. The van der Waals surface area contributed by atoms with E-state index in [1.165, 1.54) is 35.2 Å². The van der Waals surface area contributed by atoms with Gasteiger partial charge in [0.15, 0.2) is 5.13 Å². The van der Waals surface area contributed by atoms with Crippen LogP contribution in [0, 0.1) is 5.82 Å². The van der Waals surface area contributed by atoms with Crippen LogP contribution in [0.2, 0.25) is 0 Å². The van der Waals surface area contributed by atoms with Crippen LogP contribution in [0.3, 0.4) is 0 Å². The molecular formula is C14H14FN3OS2. The Kier molecular flexibility index (Phi) is 4.23. The first-order valence-corrected chi connectivity index (χ1v) is 8.53. The second-order valence-corrected chi connectivity index (χ2v) is 6.58. The molecule has 1 aromatic carbocycles. The Morgan fingerprint density at radius 2 is 2.33 bits per heavy atom. The number of anilines is 1. The number of carbonyl (C=O) groups is 1. The van der Waals surface area contributed by atoms with Crippen molar-refractivity contribution in [1.82, 2.24) is 10.3 Å². The van der Waals surface area contributed by atoms with E-state index in [-0.39, 0.29) is 11.7 Å². The largest absolute Gasteiger partial charge is 0.315 e. The quantitative estimate of drug-likeness (QED) is 0.850. The molecule has 0 saturated carbocycles. The summed E-state index contributed by atoms with van der Waals surface area (Å²) in [6.45, 7) is 1.91. The summed E-state index contributed by atoms with van der Waals surface area (Å²) in [5, 5.41) is 6.51. The highest BCUT2D eigenvalue weighted by atomic mass is 32.2. The molecule has 0 atom stereocenters. The number of hydrogen-bond acceptors (Lipinski definition) is 5. The van der Waals surface area contributed by atoms with Crippen molar-refractivity contribution in [2.24, 2.45) is 0 Å². The maximum absolute atomic E-state index is 13.7. The highest BCUT2D eigenvalue weighted by Gasteiger charge is 2.22. The smallest absolute Gasteiger partial charge is 0.258 e. The van der Waals surface area contributed by atoms with Gasteiger partial charge in [0.25, 0.3) is 5.91 Å². The molecule has 0 aliphatic carbocycles. The van der Waals surface area contributed by atoms with E-state index in [1.807, 2.05) is 0 Å². The van der Waals surface area contributed by atoms with Crippen LogP contribution in [0.4, 0.5) is 9.52 Å². The second kappa shape index (κ2) is 6.13. The van der Waals surface area contributed by atoms with Crippen molar-refractivity contribution in [3.05, 3.63) is 40.7 Å². The number of halogens is 1. The zero-order valence-corrected chi connectivity index (χ0v) is 13.0. The molecule has 2 aromatic rings. The summed E-state index contributed by atoms with van der Waals surface area (Å²) in [5.41, 5.74) is 0.338. The van der Waals surface area contributed by atoms with Crippen molar-refractivity contribution in [2.45, 2.75) is 10.8 Å². The predicted octanol–water partition coefficient (Wildman–Crippen LogP) is 2.94. The number of aromatic nitrogens is 1. The van der Waals surface area contributed by atoms with E-state index in [9.17, 15) is 9.18 Å². The molecule has 1 fully saturated rings. The Hall–Kier alpha value is -1.44.